The molecule has 0 aliphatic carbocycles. The number of nitriles is 1. The van der Waals surface area contributed by atoms with Crippen molar-refractivity contribution in [3.05, 3.63) is 23.8 Å². The molecule has 0 saturated carbocycles. The number of fused-ring (bicyclic) bond motifs is 4. The summed E-state index contributed by atoms with van der Waals surface area (Å²) in [6, 6.07) is 7.53. The van der Waals surface area contributed by atoms with Crippen molar-refractivity contribution >= 4 is 33.4 Å². The summed E-state index contributed by atoms with van der Waals surface area (Å²) < 4.78 is 10.9. The van der Waals surface area contributed by atoms with E-state index in [1.54, 1.807) is 16.8 Å². The van der Waals surface area contributed by atoms with Gasteiger partial charge in [-0.05, 0) is 30.5 Å². The summed E-state index contributed by atoms with van der Waals surface area (Å²) >= 11 is 0. The molecule has 4 heterocycles. The Morgan fingerprint density at radius 3 is 2.59 bits per heavy atom. The molecule has 4 aliphatic rings. The number of piperazine rings is 1. The quantitative estimate of drug-likeness (QED) is 0.633. The summed E-state index contributed by atoms with van der Waals surface area (Å²) in [5, 5.41) is 9.21. The lowest BCUT2D eigenvalue weighted by Crippen LogP contribution is -2.76. The van der Waals surface area contributed by atoms with Crippen LogP contribution in [0, 0.1) is 11.3 Å². The Balaban J connectivity index is 1.83. The lowest BCUT2D eigenvalue weighted by atomic mass is 9.92. The molecule has 1 aromatic carbocycles. The molecule has 2 bridgehead atoms. The first kappa shape index (κ1) is 20.2. The summed E-state index contributed by atoms with van der Waals surface area (Å²) in [5.74, 6) is 1.17. The molecule has 0 radical (unpaired) electrons. The van der Waals surface area contributed by atoms with Gasteiger partial charge in [-0.15, -0.1) is 0 Å². The van der Waals surface area contributed by atoms with E-state index >= 15 is 0 Å². The number of amides is 2. The lowest BCUT2D eigenvalue weighted by molar-refractivity contribution is -0.169. The van der Waals surface area contributed by atoms with Gasteiger partial charge in [0.25, 0.3) is 11.8 Å². The van der Waals surface area contributed by atoms with Crippen LogP contribution in [0.25, 0.3) is 0 Å². The molecule has 0 spiro atoms. The van der Waals surface area contributed by atoms with Crippen molar-refractivity contribution in [3.63, 3.8) is 0 Å². The van der Waals surface area contributed by atoms with Crippen molar-refractivity contribution in [2.24, 2.45) is 0 Å². The van der Waals surface area contributed by atoms with E-state index in [9.17, 15) is 14.9 Å². The second-order valence-corrected chi connectivity index (χ2v) is 10.0. The maximum absolute atomic E-state index is 13.8. The first-order valence-electron chi connectivity index (χ1n) is 9.70. The predicted octanol–water partition coefficient (Wildman–Crippen LogP) is 3.67. The second kappa shape index (κ2) is 7.33. The monoisotopic (exact) mass is 433 g/mol. The minimum absolute atomic E-state index is 0.0618. The van der Waals surface area contributed by atoms with E-state index in [0.29, 0.717) is 30.8 Å². The third-order valence-corrected chi connectivity index (χ3v) is 9.83. The molecule has 4 aliphatic heterocycles. The number of benzene rings is 1. The van der Waals surface area contributed by atoms with Crippen molar-refractivity contribution in [2.75, 3.05) is 13.8 Å². The van der Waals surface area contributed by atoms with Crippen LogP contribution in [-0.2, 0) is 9.59 Å². The minimum Gasteiger partial charge on any atom is -0.454 e. The van der Waals surface area contributed by atoms with E-state index in [0.717, 1.165) is 5.56 Å². The molecular weight excluding hydrogens is 410 g/mol. The smallest absolute Gasteiger partial charge is 0.262 e. The average Bonchev–Trinajstić information content (AvgIpc) is 3.21. The van der Waals surface area contributed by atoms with Crippen molar-refractivity contribution in [3.8, 4) is 17.6 Å². The highest BCUT2D eigenvalue weighted by Crippen LogP contribution is 2.63. The largest absolute Gasteiger partial charge is 0.454 e. The van der Waals surface area contributed by atoms with Gasteiger partial charge in [-0.2, -0.15) is 5.26 Å². The molecule has 0 aromatic heterocycles. The fourth-order valence-corrected chi connectivity index (χ4v) is 8.23. The zero-order valence-electron chi connectivity index (χ0n) is 16.6. The zero-order chi connectivity index (χ0) is 20.8. The van der Waals surface area contributed by atoms with E-state index in [-0.39, 0.29) is 31.1 Å². The summed E-state index contributed by atoms with van der Waals surface area (Å²) in [7, 11) is 4.59. The number of likely N-dealkylation sites (N-methyl/N-ethyl adjacent to an activating group) is 1. The lowest BCUT2D eigenvalue weighted by Gasteiger charge is -2.61. The number of rotatable bonds is 6. The van der Waals surface area contributed by atoms with Gasteiger partial charge < -0.3 is 19.3 Å². The van der Waals surface area contributed by atoms with E-state index in [1.165, 1.54) is 21.6 Å². The fourth-order valence-electron chi connectivity index (χ4n) is 4.35. The first-order chi connectivity index (χ1) is 13.9. The molecule has 5 rings (SSSR count). The zero-order valence-corrected chi connectivity index (χ0v) is 18.3. The highest BCUT2D eigenvalue weighted by molar-refractivity contribution is 8.78. The van der Waals surface area contributed by atoms with E-state index in [1.807, 2.05) is 32.0 Å². The molecule has 3 fully saturated rings. The maximum Gasteiger partial charge on any atom is 0.262 e. The van der Waals surface area contributed by atoms with Crippen LogP contribution < -0.4 is 9.47 Å². The van der Waals surface area contributed by atoms with Crippen LogP contribution in [0.15, 0.2) is 18.2 Å². The van der Waals surface area contributed by atoms with Crippen LogP contribution in [0.3, 0.4) is 0 Å². The van der Waals surface area contributed by atoms with Gasteiger partial charge in [-0.3, -0.25) is 9.59 Å². The number of carbonyl (C=O) groups excluding carboxylic acids is 2. The van der Waals surface area contributed by atoms with Gasteiger partial charge in [0.1, 0.15) is 0 Å². The van der Waals surface area contributed by atoms with Crippen molar-refractivity contribution < 1.29 is 19.1 Å². The van der Waals surface area contributed by atoms with Gasteiger partial charge in [0.15, 0.2) is 21.2 Å². The Labute approximate surface area is 178 Å². The van der Waals surface area contributed by atoms with Gasteiger partial charge in [0, 0.05) is 19.9 Å². The van der Waals surface area contributed by atoms with Gasteiger partial charge in [-0.1, -0.05) is 41.5 Å². The van der Waals surface area contributed by atoms with Gasteiger partial charge in [0.2, 0.25) is 6.79 Å². The van der Waals surface area contributed by atoms with Crippen LogP contribution in [0.1, 0.15) is 51.1 Å². The Bertz CT molecular complexity index is 904. The van der Waals surface area contributed by atoms with Gasteiger partial charge in [0.05, 0.1) is 12.1 Å². The summed E-state index contributed by atoms with van der Waals surface area (Å²) in [6.07, 6.45) is 1.67. The van der Waals surface area contributed by atoms with Crippen molar-refractivity contribution in [1.29, 1.82) is 5.26 Å². The topological polar surface area (TPSA) is 82.9 Å². The molecule has 1 unspecified atom stereocenters. The molecule has 29 heavy (non-hydrogen) atoms. The van der Waals surface area contributed by atoms with Crippen molar-refractivity contribution in [2.45, 2.75) is 55.3 Å². The number of hydrogen-bond acceptors (Lipinski definition) is 7. The third-order valence-electron chi connectivity index (χ3n) is 5.97. The summed E-state index contributed by atoms with van der Waals surface area (Å²) in [6.45, 7) is 4.12. The highest BCUT2D eigenvalue weighted by atomic mass is 33.1. The number of ether oxygens (including phenoxy) is 2. The molecule has 1 aromatic rings. The molecule has 2 amide bonds. The maximum atomic E-state index is 13.8. The Kier molecular flexibility index (Phi) is 5.11. The predicted molar refractivity (Wildman–Crippen MR) is 111 cm³/mol. The Hall–Kier alpha value is -2.05. The Morgan fingerprint density at radius 1 is 1.17 bits per heavy atom. The third kappa shape index (κ3) is 2.72. The molecule has 0 N–H and O–H groups in total. The summed E-state index contributed by atoms with van der Waals surface area (Å²) in [4.78, 5) is 28.7. The fraction of sp³-hybridized carbons (Fsp3) is 0.550. The molecule has 9 heteroatoms. The number of carbonyl (C=O) groups is 2. The van der Waals surface area contributed by atoms with E-state index in [4.69, 9.17) is 9.47 Å². The number of hydrogen-bond donors (Lipinski definition) is 0. The van der Waals surface area contributed by atoms with Crippen LogP contribution >= 0.6 is 21.6 Å². The van der Waals surface area contributed by atoms with Crippen LogP contribution in [0.5, 0.6) is 11.5 Å². The van der Waals surface area contributed by atoms with Crippen LogP contribution in [-0.4, -0.2) is 45.2 Å². The Morgan fingerprint density at radius 2 is 1.90 bits per heavy atom. The minimum atomic E-state index is -1.08. The van der Waals surface area contributed by atoms with E-state index in [2.05, 4.69) is 6.07 Å². The van der Waals surface area contributed by atoms with Gasteiger partial charge in [-0.25, -0.2) is 0 Å². The average molecular weight is 434 g/mol. The van der Waals surface area contributed by atoms with Gasteiger partial charge >= 0.3 is 0 Å². The number of nitrogens with zero attached hydrogens (tertiary/aromatic N) is 3. The molecular formula is C20H23N3O4S2. The molecule has 7 nitrogen and oxygen atoms in total. The summed E-state index contributed by atoms with van der Waals surface area (Å²) in [5.41, 5.74) is 0.904. The van der Waals surface area contributed by atoms with E-state index < -0.39 is 9.74 Å². The standard InChI is InChI=1S/C20H23N3O4S2/c1-4-14(13-7-8-15-16(11-13)27-12-26-15)23-18(25)19(5-2)22(3)17(24)20(23,29-28-19)9-6-10-21/h7-8,11,14H,4-6,9,12H2,1-3H3/t14-,19-,20?/m1/s1. The highest BCUT2D eigenvalue weighted by Gasteiger charge is 2.68. The molecule has 3 saturated heterocycles. The molecule has 154 valence electrons. The molecule has 3 atom stereocenters. The van der Waals surface area contributed by atoms with Crippen LogP contribution in [0.2, 0.25) is 0 Å². The first-order valence-corrected chi connectivity index (χ1v) is 11.9. The van der Waals surface area contributed by atoms with Crippen LogP contribution in [0.4, 0.5) is 0 Å². The SMILES string of the molecule is CC[C@H](c1ccc2c(c1)OCO2)N1C(=O)[C@@]2(CC)SSC1(CCC#N)C(=O)N2C. The normalized spacial score (nSPS) is 28.6. The second-order valence-electron chi connectivity index (χ2n) is 7.32. The van der Waals surface area contributed by atoms with Crippen molar-refractivity contribution in [1.82, 2.24) is 9.80 Å².